The third-order valence-corrected chi connectivity index (χ3v) is 3.56. The average molecular weight is 294 g/mol. The molecule has 0 radical (unpaired) electrons. The molecule has 90 valence electrons. The van der Waals surface area contributed by atoms with Crippen LogP contribution in [0.25, 0.3) is 0 Å². The normalized spacial score (nSPS) is 10.5. The molecular weight excluding hydrogens is 278 g/mol. The Bertz CT molecular complexity index is 505. The van der Waals surface area contributed by atoms with Gasteiger partial charge in [-0.2, -0.15) is 0 Å². The Kier molecular flexibility index (Phi) is 3.89. The molecule has 1 N–H and O–H groups in total. The number of halogens is 1. The van der Waals surface area contributed by atoms with Gasteiger partial charge >= 0.3 is 0 Å². The van der Waals surface area contributed by atoms with Crippen LogP contribution in [0.3, 0.4) is 0 Å². The first-order valence-electron chi connectivity index (χ1n) is 5.76. The number of aryl methyl sites for hydroxylation is 2. The van der Waals surface area contributed by atoms with E-state index in [1.807, 2.05) is 12.1 Å². The SMILES string of the molecule is CCc1ccc(CNc2ccc(C)c(Br)c2)o1. The van der Waals surface area contributed by atoms with Crippen molar-refractivity contribution in [1.82, 2.24) is 0 Å². The third kappa shape index (κ3) is 3.13. The molecule has 2 aromatic rings. The monoisotopic (exact) mass is 293 g/mol. The molecule has 3 heteroatoms. The fraction of sp³-hybridized carbons (Fsp3) is 0.286. The van der Waals surface area contributed by atoms with Crippen molar-refractivity contribution < 1.29 is 4.42 Å². The van der Waals surface area contributed by atoms with E-state index in [-0.39, 0.29) is 0 Å². The fourth-order valence-corrected chi connectivity index (χ4v) is 1.98. The molecule has 2 rings (SSSR count). The second-order valence-electron chi connectivity index (χ2n) is 4.04. The van der Waals surface area contributed by atoms with Crippen molar-refractivity contribution in [3.05, 3.63) is 51.9 Å². The minimum absolute atomic E-state index is 0.718. The molecule has 0 atom stereocenters. The van der Waals surface area contributed by atoms with Gasteiger partial charge in [0.05, 0.1) is 6.54 Å². The van der Waals surface area contributed by atoms with E-state index in [4.69, 9.17) is 4.42 Å². The van der Waals surface area contributed by atoms with Gasteiger partial charge in [0.15, 0.2) is 0 Å². The molecule has 0 aliphatic rings. The molecule has 17 heavy (non-hydrogen) atoms. The predicted molar refractivity (Wildman–Crippen MR) is 74.3 cm³/mol. The molecule has 0 bridgehead atoms. The lowest BCUT2D eigenvalue weighted by Crippen LogP contribution is -1.98. The summed E-state index contributed by atoms with van der Waals surface area (Å²) in [5.41, 5.74) is 2.33. The Balaban J connectivity index is 1.99. The van der Waals surface area contributed by atoms with E-state index in [9.17, 15) is 0 Å². The zero-order valence-corrected chi connectivity index (χ0v) is 11.7. The van der Waals surface area contributed by atoms with Crippen molar-refractivity contribution in [3.63, 3.8) is 0 Å². The maximum Gasteiger partial charge on any atom is 0.123 e. The van der Waals surface area contributed by atoms with Crippen LogP contribution in [-0.2, 0) is 13.0 Å². The van der Waals surface area contributed by atoms with Gasteiger partial charge in [-0.05, 0) is 36.8 Å². The highest BCUT2D eigenvalue weighted by atomic mass is 79.9. The van der Waals surface area contributed by atoms with Crippen LogP contribution in [0, 0.1) is 6.92 Å². The van der Waals surface area contributed by atoms with Crippen LogP contribution in [0.5, 0.6) is 0 Å². The van der Waals surface area contributed by atoms with Crippen molar-refractivity contribution in [3.8, 4) is 0 Å². The molecule has 0 fully saturated rings. The van der Waals surface area contributed by atoms with Crippen LogP contribution in [0.15, 0.2) is 39.2 Å². The van der Waals surface area contributed by atoms with Crippen LogP contribution < -0.4 is 5.32 Å². The minimum atomic E-state index is 0.718. The zero-order chi connectivity index (χ0) is 12.3. The first-order valence-corrected chi connectivity index (χ1v) is 6.56. The van der Waals surface area contributed by atoms with Crippen LogP contribution >= 0.6 is 15.9 Å². The van der Waals surface area contributed by atoms with E-state index in [2.05, 4.69) is 53.3 Å². The number of anilines is 1. The molecular formula is C14H16BrNO. The Morgan fingerprint density at radius 3 is 2.59 bits per heavy atom. The van der Waals surface area contributed by atoms with Crippen molar-refractivity contribution in [2.45, 2.75) is 26.8 Å². The average Bonchev–Trinajstić information content (AvgIpc) is 2.79. The van der Waals surface area contributed by atoms with Gasteiger partial charge in [0, 0.05) is 16.6 Å². The highest BCUT2D eigenvalue weighted by Crippen LogP contribution is 2.21. The maximum atomic E-state index is 5.63. The lowest BCUT2D eigenvalue weighted by atomic mass is 10.2. The number of furan rings is 1. The highest BCUT2D eigenvalue weighted by Gasteiger charge is 2.01. The van der Waals surface area contributed by atoms with E-state index in [0.717, 1.165) is 34.6 Å². The zero-order valence-electron chi connectivity index (χ0n) is 10.1. The Labute approximate surface area is 110 Å². The Morgan fingerprint density at radius 2 is 1.94 bits per heavy atom. The van der Waals surface area contributed by atoms with Crippen molar-refractivity contribution in [2.24, 2.45) is 0 Å². The van der Waals surface area contributed by atoms with Gasteiger partial charge in [0.2, 0.25) is 0 Å². The predicted octanol–water partition coefficient (Wildman–Crippen LogP) is 4.53. The first-order chi connectivity index (χ1) is 8.19. The summed E-state index contributed by atoms with van der Waals surface area (Å²) in [7, 11) is 0. The fourth-order valence-electron chi connectivity index (χ4n) is 1.60. The Morgan fingerprint density at radius 1 is 1.18 bits per heavy atom. The van der Waals surface area contributed by atoms with E-state index >= 15 is 0 Å². The van der Waals surface area contributed by atoms with Crippen LogP contribution in [-0.4, -0.2) is 0 Å². The molecule has 0 saturated heterocycles. The van der Waals surface area contributed by atoms with E-state index in [0.29, 0.717) is 0 Å². The van der Waals surface area contributed by atoms with Crippen molar-refractivity contribution in [1.29, 1.82) is 0 Å². The van der Waals surface area contributed by atoms with Gasteiger partial charge in [-0.25, -0.2) is 0 Å². The van der Waals surface area contributed by atoms with Crippen molar-refractivity contribution >= 4 is 21.6 Å². The lowest BCUT2D eigenvalue weighted by Gasteiger charge is -2.06. The largest absolute Gasteiger partial charge is 0.464 e. The summed E-state index contributed by atoms with van der Waals surface area (Å²) in [5.74, 6) is 2.01. The molecule has 0 amide bonds. The molecule has 1 aromatic heterocycles. The van der Waals surface area contributed by atoms with Gasteiger partial charge in [-0.3, -0.25) is 0 Å². The van der Waals surface area contributed by atoms with Gasteiger partial charge in [-0.1, -0.05) is 28.9 Å². The molecule has 0 unspecified atom stereocenters. The summed E-state index contributed by atoms with van der Waals surface area (Å²) in [6.07, 6.45) is 0.941. The van der Waals surface area contributed by atoms with E-state index < -0.39 is 0 Å². The molecule has 0 spiro atoms. The quantitative estimate of drug-likeness (QED) is 0.896. The standard InChI is InChI=1S/C14H16BrNO/c1-3-12-6-7-13(17-12)9-16-11-5-4-10(2)14(15)8-11/h4-8,16H,3,9H2,1-2H3. The highest BCUT2D eigenvalue weighted by molar-refractivity contribution is 9.10. The molecule has 1 heterocycles. The molecule has 0 aliphatic heterocycles. The summed E-state index contributed by atoms with van der Waals surface area (Å²) >= 11 is 3.52. The lowest BCUT2D eigenvalue weighted by molar-refractivity contribution is 0.476. The number of hydrogen-bond donors (Lipinski definition) is 1. The van der Waals surface area contributed by atoms with Crippen molar-refractivity contribution in [2.75, 3.05) is 5.32 Å². The van der Waals surface area contributed by atoms with Crippen LogP contribution in [0.1, 0.15) is 24.0 Å². The van der Waals surface area contributed by atoms with Crippen LogP contribution in [0.4, 0.5) is 5.69 Å². The third-order valence-electron chi connectivity index (χ3n) is 2.70. The van der Waals surface area contributed by atoms with E-state index in [1.165, 1.54) is 5.56 Å². The number of benzene rings is 1. The maximum absolute atomic E-state index is 5.63. The summed E-state index contributed by atoms with van der Waals surface area (Å²) in [6.45, 7) is 4.89. The molecule has 0 aliphatic carbocycles. The van der Waals surface area contributed by atoms with Gasteiger partial charge in [0.1, 0.15) is 11.5 Å². The van der Waals surface area contributed by atoms with Gasteiger partial charge < -0.3 is 9.73 Å². The topological polar surface area (TPSA) is 25.2 Å². The number of rotatable bonds is 4. The second-order valence-corrected chi connectivity index (χ2v) is 4.89. The molecule has 1 aromatic carbocycles. The minimum Gasteiger partial charge on any atom is -0.464 e. The summed E-state index contributed by atoms with van der Waals surface area (Å²) in [4.78, 5) is 0. The van der Waals surface area contributed by atoms with Crippen LogP contribution in [0.2, 0.25) is 0 Å². The molecule has 2 nitrogen and oxygen atoms in total. The van der Waals surface area contributed by atoms with E-state index in [1.54, 1.807) is 0 Å². The summed E-state index contributed by atoms with van der Waals surface area (Å²) in [6, 6.07) is 10.3. The van der Waals surface area contributed by atoms with Gasteiger partial charge in [-0.15, -0.1) is 0 Å². The first kappa shape index (κ1) is 12.2. The Hall–Kier alpha value is -1.22. The summed E-state index contributed by atoms with van der Waals surface area (Å²) < 4.78 is 6.76. The second kappa shape index (κ2) is 5.41. The number of nitrogens with one attached hydrogen (secondary N) is 1. The number of hydrogen-bond acceptors (Lipinski definition) is 2. The molecule has 0 saturated carbocycles. The van der Waals surface area contributed by atoms with Gasteiger partial charge in [0.25, 0.3) is 0 Å². The summed E-state index contributed by atoms with van der Waals surface area (Å²) in [5, 5.41) is 3.34. The smallest absolute Gasteiger partial charge is 0.123 e.